The molecule has 3 atom stereocenters. The molecule has 2 fully saturated rings. The lowest BCUT2D eigenvalue weighted by atomic mass is 9.98. The second-order valence-corrected chi connectivity index (χ2v) is 11.2. The molecular weight excluding hydrogens is 453 g/mol. The highest BCUT2D eigenvalue weighted by Crippen LogP contribution is 2.44. The Balaban J connectivity index is 1.60. The highest BCUT2D eigenvalue weighted by atomic mass is 35.5. The van der Waals surface area contributed by atoms with Gasteiger partial charge in [0.1, 0.15) is 16.9 Å². The number of thioether (sulfide) groups is 1. The van der Waals surface area contributed by atoms with Crippen molar-refractivity contribution in [2.75, 3.05) is 17.2 Å². The van der Waals surface area contributed by atoms with Crippen molar-refractivity contribution in [3.05, 3.63) is 16.7 Å². The van der Waals surface area contributed by atoms with Gasteiger partial charge in [-0.2, -0.15) is 0 Å². The standard InChI is InChI=1S/C22H27ClFN5O2S/c1-5-32-20-26-17-15-12(25-18(23)16(17)24)7-9-13-14-8-6-11(10-28(13)19(15)27-20)29(14)21(30)31-22(2,3)4/h11,13-14H,5-10H2,1-4H3/t11-,13-,14+/m1/s1. The first-order valence-electron chi connectivity index (χ1n) is 11.1. The Hall–Kier alpha value is -1.87. The van der Waals surface area contributed by atoms with Gasteiger partial charge in [0.25, 0.3) is 0 Å². The fourth-order valence-corrected chi connectivity index (χ4v) is 6.03. The first kappa shape index (κ1) is 21.9. The van der Waals surface area contributed by atoms with Gasteiger partial charge in [0.2, 0.25) is 0 Å². The number of pyridine rings is 1. The number of aryl methyl sites for hydroxylation is 1. The third-order valence-electron chi connectivity index (χ3n) is 6.41. The van der Waals surface area contributed by atoms with Crippen molar-refractivity contribution in [2.24, 2.45) is 0 Å². The number of hydrogen-bond acceptors (Lipinski definition) is 7. The summed E-state index contributed by atoms with van der Waals surface area (Å²) in [7, 11) is 0. The Bertz CT molecular complexity index is 1090. The van der Waals surface area contributed by atoms with E-state index in [2.05, 4.69) is 14.9 Å². The van der Waals surface area contributed by atoms with Crippen LogP contribution in [0.3, 0.4) is 0 Å². The van der Waals surface area contributed by atoms with Gasteiger partial charge in [-0.15, -0.1) is 0 Å². The van der Waals surface area contributed by atoms with E-state index < -0.39 is 11.4 Å². The molecule has 5 heterocycles. The molecule has 5 rings (SSSR count). The second-order valence-electron chi connectivity index (χ2n) is 9.59. The van der Waals surface area contributed by atoms with Crippen LogP contribution in [0.15, 0.2) is 5.16 Å². The number of hydrogen-bond donors (Lipinski definition) is 0. The third kappa shape index (κ3) is 3.57. The zero-order valence-corrected chi connectivity index (χ0v) is 20.3. The zero-order chi connectivity index (χ0) is 22.8. The summed E-state index contributed by atoms with van der Waals surface area (Å²) < 4.78 is 20.7. The summed E-state index contributed by atoms with van der Waals surface area (Å²) in [6.45, 7) is 8.31. The smallest absolute Gasteiger partial charge is 0.410 e. The van der Waals surface area contributed by atoms with E-state index in [0.717, 1.165) is 30.7 Å². The summed E-state index contributed by atoms with van der Waals surface area (Å²) in [6, 6.07) is 0.102. The van der Waals surface area contributed by atoms with E-state index in [1.54, 1.807) is 0 Å². The lowest BCUT2D eigenvalue weighted by Crippen LogP contribution is -2.62. The van der Waals surface area contributed by atoms with Crippen LogP contribution in [0, 0.1) is 5.82 Å². The van der Waals surface area contributed by atoms with Crippen LogP contribution in [-0.4, -0.2) is 62.0 Å². The van der Waals surface area contributed by atoms with E-state index in [1.807, 2.05) is 32.6 Å². The SMILES string of the molecule is CCSc1nc2c3c(nc(Cl)c(F)c3n1)CC[C@@H]1[C@@H]3CC[C@H](CN21)N3C(=O)OC(C)(C)C. The highest BCUT2D eigenvalue weighted by molar-refractivity contribution is 7.99. The second kappa shape index (κ2) is 7.87. The van der Waals surface area contributed by atoms with Crippen LogP contribution in [0.1, 0.15) is 52.7 Å². The van der Waals surface area contributed by atoms with Gasteiger partial charge in [0, 0.05) is 6.54 Å². The topological polar surface area (TPSA) is 71.5 Å². The van der Waals surface area contributed by atoms with Crippen molar-refractivity contribution in [3.8, 4) is 0 Å². The fraction of sp³-hybridized carbons (Fsp3) is 0.636. The van der Waals surface area contributed by atoms with Crippen molar-refractivity contribution >= 4 is 46.2 Å². The molecule has 32 heavy (non-hydrogen) atoms. The van der Waals surface area contributed by atoms with E-state index in [4.69, 9.17) is 21.3 Å². The minimum atomic E-state index is -0.596. The lowest BCUT2D eigenvalue weighted by Gasteiger charge is -2.47. The summed E-state index contributed by atoms with van der Waals surface area (Å²) in [5, 5.41) is 1.03. The van der Waals surface area contributed by atoms with Gasteiger partial charge >= 0.3 is 6.09 Å². The summed E-state index contributed by atoms with van der Waals surface area (Å²) in [6.07, 6.45) is 2.97. The molecule has 0 radical (unpaired) electrons. The number of carbonyl (C=O) groups is 1. The molecule has 2 saturated heterocycles. The molecular formula is C22H27ClFN5O2S. The number of halogens is 2. The molecule has 0 saturated carbocycles. The Kier molecular flexibility index (Phi) is 5.40. The van der Waals surface area contributed by atoms with Crippen LogP contribution < -0.4 is 4.90 Å². The number of ether oxygens (including phenoxy) is 1. The zero-order valence-electron chi connectivity index (χ0n) is 18.7. The molecule has 10 heteroatoms. The van der Waals surface area contributed by atoms with Gasteiger partial charge in [-0.1, -0.05) is 30.3 Å². The number of piperazine rings is 1. The minimum Gasteiger partial charge on any atom is -0.444 e. The Morgan fingerprint density at radius 2 is 2.00 bits per heavy atom. The molecule has 2 bridgehead atoms. The third-order valence-corrected chi connectivity index (χ3v) is 7.38. The molecule has 0 unspecified atom stereocenters. The Morgan fingerprint density at radius 1 is 1.22 bits per heavy atom. The molecule has 1 amide bonds. The van der Waals surface area contributed by atoms with Crippen molar-refractivity contribution < 1.29 is 13.9 Å². The number of aromatic nitrogens is 3. The predicted octanol–water partition coefficient (Wildman–Crippen LogP) is 4.83. The quantitative estimate of drug-likeness (QED) is 0.347. The lowest BCUT2D eigenvalue weighted by molar-refractivity contribution is 0.00722. The van der Waals surface area contributed by atoms with Gasteiger partial charge in [-0.05, 0) is 52.2 Å². The van der Waals surface area contributed by atoms with Gasteiger partial charge in [0.15, 0.2) is 16.1 Å². The average molecular weight is 480 g/mol. The number of amides is 1. The number of carbonyl (C=O) groups excluding carboxylic acids is 1. The summed E-state index contributed by atoms with van der Waals surface area (Å²) in [5.74, 6) is 0.896. The number of rotatable bonds is 2. The maximum absolute atomic E-state index is 15.0. The van der Waals surface area contributed by atoms with E-state index in [0.29, 0.717) is 29.3 Å². The molecule has 7 nitrogen and oxygen atoms in total. The number of nitrogens with zero attached hydrogens (tertiary/aromatic N) is 5. The maximum Gasteiger partial charge on any atom is 0.410 e. The predicted molar refractivity (Wildman–Crippen MR) is 123 cm³/mol. The van der Waals surface area contributed by atoms with Crippen LogP contribution in [0.5, 0.6) is 0 Å². The van der Waals surface area contributed by atoms with E-state index in [-0.39, 0.29) is 34.9 Å². The maximum atomic E-state index is 15.0. The monoisotopic (exact) mass is 479 g/mol. The average Bonchev–Trinajstić information content (AvgIpc) is 2.95. The van der Waals surface area contributed by atoms with Crippen molar-refractivity contribution in [3.63, 3.8) is 0 Å². The molecule has 172 valence electrons. The molecule has 0 aromatic carbocycles. The molecule has 0 N–H and O–H groups in total. The highest BCUT2D eigenvalue weighted by Gasteiger charge is 2.51. The van der Waals surface area contributed by atoms with E-state index >= 15 is 4.39 Å². The minimum absolute atomic E-state index is 0.0190. The molecule has 3 aliphatic rings. The van der Waals surface area contributed by atoms with Crippen LogP contribution in [0.4, 0.5) is 15.0 Å². The van der Waals surface area contributed by atoms with Crippen molar-refractivity contribution in [1.29, 1.82) is 0 Å². The largest absolute Gasteiger partial charge is 0.444 e. The van der Waals surface area contributed by atoms with Crippen molar-refractivity contribution in [2.45, 2.75) is 82.3 Å². The van der Waals surface area contributed by atoms with E-state index in [1.165, 1.54) is 11.8 Å². The van der Waals surface area contributed by atoms with Gasteiger partial charge < -0.3 is 9.64 Å². The fourth-order valence-electron chi connectivity index (χ4n) is 5.27. The van der Waals surface area contributed by atoms with Gasteiger partial charge in [0.05, 0.1) is 29.2 Å². The Labute approximate surface area is 196 Å². The van der Waals surface area contributed by atoms with Gasteiger partial charge in [-0.25, -0.2) is 24.1 Å². The number of fused-ring (bicyclic) bond motifs is 5. The summed E-state index contributed by atoms with van der Waals surface area (Å²) in [5.41, 5.74) is 0.420. The number of anilines is 1. The van der Waals surface area contributed by atoms with Crippen LogP contribution in [0.2, 0.25) is 5.15 Å². The Morgan fingerprint density at radius 3 is 2.72 bits per heavy atom. The van der Waals surface area contributed by atoms with Crippen LogP contribution in [0.25, 0.3) is 10.9 Å². The van der Waals surface area contributed by atoms with Gasteiger partial charge in [-0.3, -0.25) is 4.90 Å². The molecule has 0 aliphatic carbocycles. The van der Waals surface area contributed by atoms with Crippen LogP contribution in [-0.2, 0) is 11.2 Å². The summed E-state index contributed by atoms with van der Waals surface area (Å²) in [4.78, 5) is 30.9. The molecule has 3 aliphatic heterocycles. The van der Waals surface area contributed by atoms with Crippen LogP contribution >= 0.6 is 23.4 Å². The molecule has 0 spiro atoms. The normalized spacial score (nSPS) is 24.5. The molecule has 2 aromatic heterocycles. The van der Waals surface area contributed by atoms with Crippen molar-refractivity contribution in [1.82, 2.24) is 19.9 Å². The molecule has 2 aromatic rings. The van der Waals surface area contributed by atoms with E-state index in [9.17, 15) is 4.79 Å². The first-order valence-corrected chi connectivity index (χ1v) is 12.5. The first-order chi connectivity index (χ1) is 15.2. The summed E-state index contributed by atoms with van der Waals surface area (Å²) >= 11 is 7.61.